The van der Waals surface area contributed by atoms with E-state index in [9.17, 15) is 8.42 Å². The zero-order valence-electron chi connectivity index (χ0n) is 16.4. The van der Waals surface area contributed by atoms with Crippen molar-refractivity contribution in [2.75, 3.05) is 12.9 Å². The minimum absolute atomic E-state index is 0.272. The van der Waals surface area contributed by atoms with Gasteiger partial charge in [0.25, 0.3) is 10.1 Å². The minimum atomic E-state index is -3.47. The third-order valence-corrected chi connectivity index (χ3v) is 9.73. The monoisotopic (exact) mass is 376 g/mol. The van der Waals surface area contributed by atoms with Crippen molar-refractivity contribution in [2.24, 2.45) is 0 Å². The standard InChI is InChI=1S/C18H36O4SSi/c1-8-17(22-23(5,19)20)15-13-11-9-10-12-14-16-21-24(6,7)18(2,3)4/h1,17H,9-16H2,2-7H3. The summed E-state index contributed by atoms with van der Waals surface area (Å²) in [5.74, 6) is 2.39. The van der Waals surface area contributed by atoms with Crippen LogP contribution in [0.25, 0.3) is 0 Å². The number of terminal acetylenes is 1. The Morgan fingerprint density at radius 2 is 1.54 bits per heavy atom. The van der Waals surface area contributed by atoms with Gasteiger partial charge in [0.1, 0.15) is 6.10 Å². The lowest BCUT2D eigenvalue weighted by molar-refractivity contribution is 0.250. The molecule has 142 valence electrons. The molecule has 0 bridgehead atoms. The zero-order valence-corrected chi connectivity index (χ0v) is 18.2. The highest BCUT2D eigenvalue weighted by atomic mass is 32.2. The normalized spacial score (nSPS) is 14.4. The van der Waals surface area contributed by atoms with Gasteiger partial charge in [0, 0.05) is 6.61 Å². The van der Waals surface area contributed by atoms with Gasteiger partial charge in [-0.15, -0.1) is 6.42 Å². The lowest BCUT2D eigenvalue weighted by atomic mass is 10.1. The average molecular weight is 377 g/mol. The molecule has 0 aromatic rings. The van der Waals surface area contributed by atoms with Crippen LogP contribution in [-0.2, 0) is 18.7 Å². The van der Waals surface area contributed by atoms with Crippen LogP contribution in [0.4, 0.5) is 0 Å². The molecule has 0 aliphatic heterocycles. The van der Waals surface area contributed by atoms with E-state index < -0.39 is 24.5 Å². The predicted octanol–water partition coefficient (Wildman–Crippen LogP) is 4.72. The molecule has 0 aromatic carbocycles. The SMILES string of the molecule is C#CC(CCCCCCCCO[Si](C)(C)C(C)(C)C)OS(C)(=O)=O. The second-order valence-corrected chi connectivity index (χ2v) is 14.4. The lowest BCUT2D eigenvalue weighted by Crippen LogP contribution is -2.40. The van der Waals surface area contributed by atoms with Gasteiger partial charge in [0.15, 0.2) is 8.32 Å². The second kappa shape index (κ2) is 10.6. The van der Waals surface area contributed by atoms with E-state index >= 15 is 0 Å². The maximum Gasteiger partial charge on any atom is 0.265 e. The van der Waals surface area contributed by atoms with E-state index in [1.807, 2.05) is 0 Å². The molecule has 0 aliphatic carbocycles. The molecule has 0 spiro atoms. The van der Waals surface area contributed by atoms with Gasteiger partial charge in [-0.2, -0.15) is 8.42 Å². The summed E-state index contributed by atoms with van der Waals surface area (Å²) < 4.78 is 33.1. The molecule has 4 nitrogen and oxygen atoms in total. The molecule has 0 saturated heterocycles. The van der Waals surface area contributed by atoms with E-state index in [0.29, 0.717) is 6.42 Å². The fraction of sp³-hybridized carbons (Fsp3) is 0.889. The number of rotatable bonds is 12. The van der Waals surface area contributed by atoms with Crippen molar-refractivity contribution >= 4 is 18.4 Å². The van der Waals surface area contributed by atoms with Crippen LogP contribution in [0.15, 0.2) is 0 Å². The number of hydrogen-bond acceptors (Lipinski definition) is 4. The molecule has 1 atom stereocenters. The molecule has 1 unspecified atom stereocenters. The van der Waals surface area contributed by atoms with Crippen LogP contribution in [-0.4, -0.2) is 35.7 Å². The Hall–Kier alpha value is -0.353. The van der Waals surface area contributed by atoms with E-state index in [-0.39, 0.29) is 5.04 Å². The zero-order chi connectivity index (χ0) is 18.9. The summed E-state index contributed by atoms with van der Waals surface area (Å²) in [6.07, 6.45) is 12.8. The Morgan fingerprint density at radius 3 is 2.00 bits per heavy atom. The molecule has 0 rings (SSSR count). The predicted molar refractivity (Wildman–Crippen MR) is 104 cm³/mol. The molecular formula is C18H36O4SSi. The molecule has 0 aromatic heterocycles. The van der Waals surface area contributed by atoms with Crippen LogP contribution in [0.5, 0.6) is 0 Å². The van der Waals surface area contributed by atoms with Crippen molar-refractivity contribution in [3.63, 3.8) is 0 Å². The summed E-state index contributed by atoms with van der Waals surface area (Å²) in [5, 5.41) is 0.272. The van der Waals surface area contributed by atoms with Crippen molar-refractivity contribution in [1.29, 1.82) is 0 Å². The second-order valence-electron chi connectivity index (χ2n) is 7.97. The van der Waals surface area contributed by atoms with Gasteiger partial charge in [-0.25, -0.2) is 0 Å². The Kier molecular flexibility index (Phi) is 10.4. The summed E-state index contributed by atoms with van der Waals surface area (Å²) in [4.78, 5) is 0. The van der Waals surface area contributed by atoms with Crippen molar-refractivity contribution in [3.8, 4) is 12.3 Å². The average Bonchev–Trinajstić information content (AvgIpc) is 2.41. The molecule has 0 N–H and O–H groups in total. The van der Waals surface area contributed by atoms with Gasteiger partial charge in [-0.05, 0) is 37.4 Å². The number of unbranched alkanes of at least 4 members (excludes halogenated alkanes) is 5. The summed E-state index contributed by atoms with van der Waals surface area (Å²) in [5.41, 5.74) is 0. The van der Waals surface area contributed by atoms with Crippen LogP contribution in [0, 0.1) is 12.3 Å². The van der Waals surface area contributed by atoms with Gasteiger partial charge < -0.3 is 4.43 Å². The van der Waals surface area contributed by atoms with Gasteiger partial charge in [-0.3, -0.25) is 4.18 Å². The van der Waals surface area contributed by atoms with Crippen LogP contribution in [0.1, 0.15) is 65.7 Å². The van der Waals surface area contributed by atoms with Crippen molar-refractivity contribution < 1.29 is 17.0 Å². The molecule has 24 heavy (non-hydrogen) atoms. The molecule has 0 radical (unpaired) electrons. The Morgan fingerprint density at radius 1 is 1.04 bits per heavy atom. The van der Waals surface area contributed by atoms with Gasteiger partial charge in [-0.1, -0.05) is 52.4 Å². The van der Waals surface area contributed by atoms with Crippen LogP contribution < -0.4 is 0 Å². The molecule has 0 saturated carbocycles. The Balaban J connectivity index is 3.67. The van der Waals surface area contributed by atoms with E-state index in [4.69, 9.17) is 15.0 Å². The van der Waals surface area contributed by atoms with Gasteiger partial charge in [0.05, 0.1) is 6.26 Å². The first-order valence-corrected chi connectivity index (χ1v) is 13.6. The van der Waals surface area contributed by atoms with Crippen LogP contribution in [0.2, 0.25) is 18.1 Å². The van der Waals surface area contributed by atoms with Crippen molar-refractivity contribution in [2.45, 2.75) is 90.0 Å². The molecule has 0 heterocycles. The van der Waals surface area contributed by atoms with E-state index in [0.717, 1.165) is 38.5 Å². The van der Waals surface area contributed by atoms with Gasteiger partial charge >= 0.3 is 0 Å². The first-order valence-electron chi connectivity index (χ1n) is 8.87. The van der Waals surface area contributed by atoms with E-state index in [1.54, 1.807) is 0 Å². The summed E-state index contributed by atoms with van der Waals surface area (Å²) >= 11 is 0. The largest absolute Gasteiger partial charge is 0.417 e. The highest BCUT2D eigenvalue weighted by Crippen LogP contribution is 2.36. The van der Waals surface area contributed by atoms with E-state index in [1.165, 1.54) is 12.8 Å². The summed E-state index contributed by atoms with van der Waals surface area (Å²) in [7, 11) is -5.07. The Labute approximate surface area is 151 Å². The van der Waals surface area contributed by atoms with Crippen LogP contribution >= 0.6 is 0 Å². The number of hydrogen-bond donors (Lipinski definition) is 0. The minimum Gasteiger partial charge on any atom is -0.417 e. The fourth-order valence-electron chi connectivity index (χ4n) is 2.05. The first-order chi connectivity index (χ1) is 10.9. The Bertz CT molecular complexity index is 486. The first kappa shape index (κ1) is 23.6. The molecule has 0 aliphatic rings. The lowest BCUT2D eigenvalue weighted by Gasteiger charge is -2.36. The van der Waals surface area contributed by atoms with Crippen molar-refractivity contribution in [1.82, 2.24) is 0 Å². The topological polar surface area (TPSA) is 52.6 Å². The maximum atomic E-state index is 11.0. The molecule has 0 fully saturated rings. The van der Waals surface area contributed by atoms with Crippen molar-refractivity contribution in [3.05, 3.63) is 0 Å². The summed E-state index contributed by atoms with van der Waals surface area (Å²) in [6.45, 7) is 12.2. The van der Waals surface area contributed by atoms with Crippen LogP contribution in [0.3, 0.4) is 0 Å². The van der Waals surface area contributed by atoms with E-state index in [2.05, 4.69) is 39.8 Å². The highest BCUT2D eigenvalue weighted by Gasteiger charge is 2.36. The summed E-state index contributed by atoms with van der Waals surface area (Å²) in [6, 6.07) is 0. The third kappa shape index (κ3) is 11.2. The third-order valence-electron chi connectivity index (χ3n) is 4.61. The maximum absolute atomic E-state index is 11.0. The quantitative estimate of drug-likeness (QED) is 0.214. The van der Waals surface area contributed by atoms with Gasteiger partial charge in [0.2, 0.25) is 0 Å². The fourth-order valence-corrected chi connectivity index (χ4v) is 3.71. The molecule has 6 heteroatoms. The smallest absolute Gasteiger partial charge is 0.265 e. The highest BCUT2D eigenvalue weighted by molar-refractivity contribution is 7.86. The molecular weight excluding hydrogens is 340 g/mol. The molecule has 0 amide bonds.